The highest BCUT2D eigenvalue weighted by Crippen LogP contribution is 2.21. The summed E-state index contributed by atoms with van der Waals surface area (Å²) in [5, 5.41) is 4.21. The Balaban J connectivity index is 1.48. The molecule has 1 fully saturated rings. The second kappa shape index (κ2) is 6.65. The fourth-order valence-electron chi connectivity index (χ4n) is 2.21. The lowest BCUT2D eigenvalue weighted by Gasteiger charge is -2.03. The van der Waals surface area contributed by atoms with E-state index in [4.69, 9.17) is 20.8 Å². The quantitative estimate of drug-likeness (QED) is 0.832. The Morgan fingerprint density at radius 3 is 2.71 bits per heavy atom. The molecule has 0 saturated heterocycles. The highest BCUT2D eigenvalue weighted by atomic mass is 35.5. The maximum absolute atomic E-state index is 5.86. The van der Waals surface area contributed by atoms with E-state index in [9.17, 15) is 0 Å². The predicted molar refractivity (Wildman–Crippen MR) is 83.3 cm³/mol. The summed E-state index contributed by atoms with van der Waals surface area (Å²) < 4.78 is 11.5. The lowest BCUT2D eigenvalue weighted by Crippen LogP contribution is -2.15. The highest BCUT2D eigenvalue weighted by molar-refractivity contribution is 6.30. The van der Waals surface area contributed by atoms with Crippen molar-refractivity contribution in [1.82, 2.24) is 5.32 Å². The fraction of sp³-hybridized carbons (Fsp3) is 0.412. The van der Waals surface area contributed by atoms with Gasteiger partial charge in [-0.25, -0.2) is 0 Å². The molecule has 3 rings (SSSR count). The van der Waals surface area contributed by atoms with Crippen molar-refractivity contribution in [3.63, 3.8) is 0 Å². The molecule has 0 aliphatic heterocycles. The molecule has 1 N–H and O–H groups in total. The van der Waals surface area contributed by atoms with E-state index < -0.39 is 0 Å². The van der Waals surface area contributed by atoms with E-state index in [-0.39, 0.29) is 0 Å². The molecule has 3 nitrogen and oxygen atoms in total. The number of benzene rings is 1. The van der Waals surface area contributed by atoms with Gasteiger partial charge in [0.2, 0.25) is 0 Å². The zero-order chi connectivity index (χ0) is 14.7. The summed E-state index contributed by atoms with van der Waals surface area (Å²) in [6.45, 7) is 3.95. The monoisotopic (exact) mass is 305 g/mol. The van der Waals surface area contributed by atoms with E-state index in [1.54, 1.807) is 0 Å². The van der Waals surface area contributed by atoms with E-state index in [0.29, 0.717) is 19.3 Å². The van der Waals surface area contributed by atoms with Gasteiger partial charge >= 0.3 is 0 Å². The summed E-state index contributed by atoms with van der Waals surface area (Å²) in [7, 11) is 0. The fourth-order valence-corrected chi connectivity index (χ4v) is 2.34. The molecule has 0 bridgehead atoms. The smallest absolute Gasteiger partial charge is 0.130 e. The molecule has 0 atom stereocenters. The lowest BCUT2D eigenvalue weighted by atomic mass is 10.2. The van der Waals surface area contributed by atoms with Crippen LogP contribution in [0.3, 0.4) is 0 Å². The van der Waals surface area contributed by atoms with Crippen molar-refractivity contribution in [2.75, 3.05) is 0 Å². The molecule has 1 saturated carbocycles. The van der Waals surface area contributed by atoms with Crippen LogP contribution in [0.2, 0.25) is 5.02 Å². The number of hydrogen-bond donors (Lipinski definition) is 1. The van der Waals surface area contributed by atoms with Crippen molar-refractivity contribution in [3.8, 4) is 0 Å². The second-order valence-corrected chi connectivity index (χ2v) is 6.03. The third-order valence-electron chi connectivity index (χ3n) is 3.63. The number of nitrogens with one attached hydrogen (secondary N) is 1. The summed E-state index contributed by atoms with van der Waals surface area (Å²) >= 11 is 5.86. The van der Waals surface area contributed by atoms with Gasteiger partial charge < -0.3 is 14.5 Å². The lowest BCUT2D eigenvalue weighted by molar-refractivity contribution is 0.0920. The zero-order valence-electron chi connectivity index (χ0n) is 12.2. The number of halogens is 1. The minimum Gasteiger partial charge on any atom is -0.462 e. The van der Waals surface area contributed by atoms with Crippen LogP contribution >= 0.6 is 11.6 Å². The van der Waals surface area contributed by atoms with Crippen molar-refractivity contribution in [3.05, 3.63) is 58.0 Å². The van der Waals surface area contributed by atoms with E-state index >= 15 is 0 Å². The average molecular weight is 306 g/mol. The molecule has 1 aliphatic rings. The molecule has 1 aromatic heterocycles. The summed E-state index contributed by atoms with van der Waals surface area (Å²) in [5.74, 6) is 1.90. The SMILES string of the molecule is Cc1cc(COCc2ccc(Cl)cc2)oc1CNC1CC1. The summed E-state index contributed by atoms with van der Waals surface area (Å²) in [5.41, 5.74) is 2.30. The minimum absolute atomic E-state index is 0.493. The minimum atomic E-state index is 0.493. The first-order valence-corrected chi connectivity index (χ1v) is 7.72. The van der Waals surface area contributed by atoms with Crippen molar-refractivity contribution >= 4 is 11.6 Å². The molecular formula is C17H20ClNO2. The number of rotatable bonds is 7. The maximum atomic E-state index is 5.86. The molecule has 0 unspecified atom stereocenters. The highest BCUT2D eigenvalue weighted by Gasteiger charge is 2.21. The van der Waals surface area contributed by atoms with Crippen LogP contribution in [0.5, 0.6) is 0 Å². The molecular weight excluding hydrogens is 286 g/mol. The topological polar surface area (TPSA) is 34.4 Å². The van der Waals surface area contributed by atoms with Gasteiger partial charge in [-0.15, -0.1) is 0 Å². The van der Waals surface area contributed by atoms with Gasteiger partial charge in [0.15, 0.2) is 0 Å². The molecule has 0 amide bonds. The molecule has 1 heterocycles. The van der Waals surface area contributed by atoms with Crippen molar-refractivity contribution in [1.29, 1.82) is 0 Å². The molecule has 0 radical (unpaired) electrons. The Bertz CT molecular complexity index is 587. The Morgan fingerprint density at radius 1 is 1.24 bits per heavy atom. The number of ether oxygens (including phenoxy) is 1. The largest absolute Gasteiger partial charge is 0.462 e. The predicted octanol–water partition coefficient (Wildman–Crippen LogP) is 4.21. The second-order valence-electron chi connectivity index (χ2n) is 5.59. The van der Waals surface area contributed by atoms with Gasteiger partial charge in [0.1, 0.15) is 18.1 Å². The summed E-state index contributed by atoms with van der Waals surface area (Å²) in [4.78, 5) is 0. The molecule has 4 heteroatoms. The molecule has 1 aliphatic carbocycles. The average Bonchev–Trinajstić information content (AvgIpc) is 3.23. The number of furan rings is 1. The van der Waals surface area contributed by atoms with Crippen LogP contribution in [0.4, 0.5) is 0 Å². The standard InChI is InChI=1S/C17H20ClNO2/c1-12-8-16(21-17(12)9-19-15-6-7-15)11-20-10-13-2-4-14(18)5-3-13/h2-5,8,15,19H,6-7,9-11H2,1H3. The van der Waals surface area contributed by atoms with Gasteiger partial charge in [-0.2, -0.15) is 0 Å². The first kappa shape index (κ1) is 14.6. The van der Waals surface area contributed by atoms with Crippen LogP contribution in [0, 0.1) is 6.92 Å². The summed E-state index contributed by atoms with van der Waals surface area (Å²) in [6, 6.07) is 10.4. The number of hydrogen-bond acceptors (Lipinski definition) is 3. The molecule has 1 aromatic carbocycles. The van der Waals surface area contributed by atoms with Gasteiger partial charge in [0.25, 0.3) is 0 Å². The first-order chi connectivity index (χ1) is 10.2. The van der Waals surface area contributed by atoms with Crippen molar-refractivity contribution in [2.24, 2.45) is 0 Å². The molecule has 0 spiro atoms. The normalized spacial score (nSPS) is 14.6. The molecule has 21 heavy (non-hydrogen) atoms. The van der Waals surface area contributed by atoms with Gasteiger partial charge in [-0.3, -0.25) is 0 Å². The van der Waals surface area contributed by atoms with Crippen LogP contribution in [0.15, 0.2) is 34.7 Å². The van der Waals surface area contributed by atoms with E-state index in [1.165, 1.54) is 18.4 Å². The van der Waals surface area contributed by atoms with Crippen LogP contribution in [-0.4, -0.2) is 6.04 Å². The Morgan fingerprint density at radius 2 is 2.00 bits per heavy atom. The van der Waals surface area contributed by atoms with Crippen LogP contribution in [0.25, 0.3) is 0 Å². The Kier molecular flexibility index (Phi) is 4.63. The van der Waals surface area contributed by atoms with E-state index in [2.05, 4.69) is 18.3 Å². The summed E-state index contributed by atoms with van der Waals surface area (Å²) in [6.07, 6.45) is 2.58. The van der Waals surface area contributed by atoms with E-state index in [1.807, 2.05) is 24.3 Å². The molecule has 2 aromatic rings. The Hall–Kier alpha value is -1.29. The Labute approximate surface area is 130 Å². The zero-order valence-corrected chi connectivity index (χ0v) is 13.0. The van der Waals surface area contributed by atoms with Gasteiger partial charge in [0, 0.05) is 11.1 Å². The van der Waals surface area contributed by atoms with Gasteiger partial charge in [-0.1, -0.05) is 23.7 Å². The van der Waals surface area contributed by atoms with Crippen molar-refractivity contribution in [2.45, 2.75) is 45.6 Å². The number of aryl methyl sites for hydroxylation is 1. The van der Waals surface area contributed by atoms with Crippen molar-refractivity contribution < 1.29 is 9.15 Å². The third kappa shape index (κ3) is 4.34. The maximum Gasteiger partial charge on any atom is 0.130 e. The molecule has 112 valence electrons. The van der Waals surface area contributed by atoms with Crippen LogP contribution in [0.1, 0.15) is 35.5 Å². The third-order valence-corrected chi connectivity index (χ3v) is 3.88. The van der Waals surface area contributed by atoms with Crippen LogP contribution < -0.4 is 5.32 Å². The van der Waals surface area contributed by atoms with Crippen LogP contribution in [-0.2, 0) is 24.5 Å². The van der Waals surface area contributed by atoms with E-state index in [0.717, 1.165) is 28.7 Å². The van der Waals surface area contributed by atoms with Gasteiger partial charge in [0.05, 0.1) is 13.2 Å². The first-order valence-electron chi connectivity index (χ1n) is 7.34. The van der Waals surface area contributed by atoms with Gasteiger partial charge in [-0.05, 0) is 49.1 Å².